The summed E-state index contributed by atoms with van der Waals surface area (Å²) in [6.07, 6.45) is 1.00. The quantitative estimate of drug-likeness (QED) is 0.596. The van der Waals surface area contributed by atoms with Gasteiger partial charge in [-0.15, -0.1) is 0 Å². The number of hydrogen-bond acceptors (Lipinski definition) is 3. The first kappa shape index (κ1) is 12.5. The first-order valence-corrected chi connectivity index (χ1v) is 5.30. The van der Waals surface area contributed by atoms with Crippen LogP contribution < -0.4 is 10.6 Å². The molecule has 3 amide bonds. The zero-order valence-electron chi connectivity index (χ0n) is 9.58. The van der Waals surface area contributed by atoms with E-state index in [0.717, 1.165) is 0 Å². The molecule has 0 radical (unpaired) electrons. The normalized spacial score (nSPS) is 19.8. The molecule has 0 aliphatic carbocycles. The molecule has 1 heterocycles. The van der Waals surface area contributed by atoms with E-state index in [1.165, 1.54) is 11.8 Å². The van der Waals surface area contributed by atoms with Crippen molar-refractivity contribution in [1.29, 1.82) is 0 Å². The maximum atomic E-state index is 11.6. The maximum absolute atomic E-state index is 11.6. The zero-order valence-corrected chi connectivity index (χ0v) is 9.58. The van der Waals surface area contributed by atoms with Gasteiger partial charge >= 0.3 is 0 Å². The lowest BCUT2D eigenvalue weighted by atomic mass is 10.2. The van der Waals surface area contributed by atoms with Crippen LogP contribution in [0.15, 0.2) is 0 Å². The standard InChI is InChI=1S/C10H17N3O3/c1-7(14)11-5-6-12-10(16)8-3-4-9(15)13(8)2/h8H,3-6H2,1-2H3,(H,11,14)(H,12,16). The van der Waals surface area contributed by atoms with Crippen LogP contribution >= 0.6 is 0 Å². The van der Waals surface area contributed by atoms with Crippen molar-refractivity contribution in [3.63, 3.8) is 0 Å². The summed E-state index contributed by atoms with van der Waals surface area (Å²) in [7, 11) is 1.63. The number of amides is 3. The highest BCUT2D eigenvalue weighted by atomic mass is 16.2. The van der Waals surface area contributed by atoms with Crippen molar-refractivity contribution in [2.24, 2.45) is 0 Å². The van der Waals surface area contributed by atoms with E-state index < -0.39 is 0 Å². The summed E-state index contributed by atoms with van der Waals surface area (Å²) >= 11 is 0. The highest BCUT2D eigenvalue weighted by Gasteiger charge is 2.32. The average molecular weight is 227 g/mol. The van der Waals surface area contributed by atoms with E-state index in [9.17, 15) is 14.4 Å². The Labute approximate surface area is 94.4 Å². The molecule has 1 atom stereocenters. The molecule has 90 valence electrons. The molecule has 0 bridgehead atoms. The lowest BCUT2D eigenvalue weighted by Gasteiger charge is -2.18. The summed E-state index contributed by atoms with van der Waals surface area (Å²) in [5, 5.41) is 5.26. The van der Waals surface area contributed by atoms with E-state index in [2.05, 4.69) is 10.6 Å². The second-order valence-corrected chi connectivity index (χ2v) is 3.83. The van der Waals surface area contributed by atoms with E-state index in [0.29, 0.717) is 25.9 Å². The van der Waals surface area contributed by atoms with Crippen LogP contribution in [0, 0.1) is 0 Å². The van der Waals surface area contributed by atoms with Gasteiger partial charge in [0.05, 0.1) is 0 Å². The molecule has 2 N–H and O–H groups in total. The largest absolute Gasteiger partial charge is 0.355 e. The topological polar surface area (TPSA) is 78.5 Å². The van der Waals surface area contributed by atoms with Crippen molar-refractivity contribution in [2.75, 3.05) is 20.1 Å². The van der Waals surface area contributed by atoms with Crippen LogP contribution in [0.25, 0.3) is 0 Å². The van der Waals surface area contributed by atoms with Gasteiger partial charge in [0.1, 0.15) is 6.04 Å². The molecule has 0 aromatic rings. The molecular formula is C10H17N3O3. The number of likely N-dealkylation sites (N-methyl/N-ethyl adjacent to an activating group) is 1. The Morgan fingerprint density at radius 3 is 2.50 bits per heavy atom. The predicted octanol–water partition coefficient (Wildman–Crippen LogP) is -1.14. The van der Waals surface area contributed by atoms with Gasteiger partial charge in [0, 0.05) is 33.5 Å². The van der Waals surface area contributed by atoms with E-state index >= 15 is 0 Å². The molecule has 1 rings (SSSR count). The fourth-order valence-corrected chi connectivity index (χ4v) is 1.65. The highest BCUT2D eigenvalue weighted by Crippen LogP contribution is 2.15. The van der Waals surface area contributed by atoms with Crippen LogP contribution in [0.1, 0.15) is 19.8 Å². The SMILES string of the molecule is CC(=O)NCCNC(=O)C1CCC(=O)N1C. The van der Waals surface area contributed by atoms with Gasteiger partial charge in [-0.2, -0.15) is 0 Å². The summed E-state index contributed by atoms with van der Waals surface area (Å²) in [6, 6.07) is -0.357. The first-order valence-electron chi connectivity index (χ1n) is 5.30. The fourth-order valence-electron chi connectivity index (χ4n) is 1.65. The Morgan fingerprint density at radius 1 is 1.38 bits per heavy atom. The van der Waals surface area contributed by atoms with Gasteiger partial charge in [0.2, 0.25) is 17.7 Å². The first-order chi connectivity index (χ1) is 7.52. The number of rotatable bonds is 4. The Balaban J connectivity index is 2.25. The van der Waals surface area contributed by atoms with Gasteiger partial charge in [-0.25, -0.2) is 0 Å². The van der Waals surface area contributed by atoms with Crippen LogP contribution in [0.3, 0.4) is 0 Å². The van der Waals surface area contributed by atoms with Crippen LogP contribution in [0.5, 0.6) is 0 Å². The average Bonchev–Trinajstić information content (AvgIpc) is 2.54. The number of hydrogen-bond donors (Lipinski definition) is 2. The number of carbonyl (C=O) groups excluding carboxylic acids is 3. The molecule has 0 saturated carbocycles. The van der Waals surface area contributed by atoms with Gasteiger partial charge in [0.25, 0.3) is 0 Å². The summed E-state index contributed by atoms with van der Waals surface area (Å²) in [4.78, 5) is 34.9. The van der Waals surface area contributed by atoms with Crippen LogP contribution in [0.2, 0.25) is 0 Å². The van der Waals surface area contributed by atoms with Gasteiger partial charge in [-0.05, 0) is 6.42 Å². The molecule has 1 unspecified atom stereocenters. The fraction of sp³-hybridized carbons (Fsp3) is 0.700. The third-order valence-electron chi connectivity index (χ3n) is 2.59. The third kappa shape index (κ3) is 3.22. The lowest BCUT2D eigenvalue weighted by molar-refractivity contribution is -0.133. The molecule has 1 saturated heterocycles. The van der Waals surface area contributed by atoms with E-state index in [1.807, 2.05) is 0 Å². The minimum atomic E-state index is -0.357. The van der Waals surface area contributed by atoms with Crippen molar-refractivity contribution in [2.45, 2.75) is 25.8 Å². The highest BCUT2D eigenvalue weighted by molar-refractivity contribution is 5.90. The molecule has 6 nitrogen and oxygen atoms in total. The van der Waals surface area contributed by atoms with Crippen molar-refractivity contribution in [3.05, 3.63) is 0 Å². The minimum absolute atomic E-state index is 0.00186. The second-order valence-electron chi connectivity index (χ2n) is 3.83. The third-order valence-corrected chi connectivity index (χ3v) is 2.59. The number of nitrogens with zero attached hydrogens (tertiary/aromatic N) is 1. The van der Waals surface area contributed by atoms with Gasteiger partial charge in [-0.3, -0.25) is 14.4 Å². The minimum Gasteiger partial charge on any atom is -0.355 e. The smallest absolute Gasteiger partial charge is 0.242 e. The Hall–Kier alpha value is -1.59. The number of likely N-dealkylation sites (tertiary alicyclic amines) is 1. The second kappa shape index (κ2) is 5.48. The molecule has 1 fully saturated rings. The molecular weight excluding hydrogens is 210 g/mol. The van der Waals surface area contributed by atoms with Crippen molar-refractivity contribution >= 4 is 17.7 Å². The molecule has 1 aliphatic rings. The van der Waals surface area contributed by atoms with E-state index in [-0.39, 0.29) is 23.8 Å². The Bertz CT molecular complexity index is 304. The van der Waals surface area contributed by atoms with Gasteiger partial charge < -0.3 is 15.5 Å². The monoisotopic (exact) mass is 227 g/mol. The van der Waals surface area contributed by atoms with E-state index in [4.69, 9.17) is 0 Å². The van der Waals surface area contributed by atoms with Gasteiger partial charge in [-0.1, -0.05) is 0 Å². The maximum Gasteiger partial charge on any atom is 0.242 e. The van der Waals surface area contributed by atoms with Gasteiger partial charge in [0.15, 0.2) is 0 Å². The molecule has 1 aliphatic heterocycles. The summed E-state index contributed by atoms with van der Waals surface area (Å²) in [5.41, 5.74) is 0. The van der Waals surface area contributed by atoms with Crippen molar-refractivity contribution in [1.82, 2.24) is 15.5 Å². The zero-order chi connectivity index (χ0) is 12.1. The number of carbonyl (C=O) groups is 3. The van der Waals surface area contributed by atoms with Crippen molar-refractivity contribution < 1.29 is 14.4 Å². The van der Waals surface area contributed by atoms with Crippen LogP contribution in [-0.2, 0) is 14.4 Å². The number of nitrogens with one attached hydrogen (secondary N) is 2. The predicted molar refractivity (Wildman–Crippen MR) is 57.5 cm³/mol. The van der Waals surface area contributed by atoms with Crippen LogP contribution in [0.4, 0.5) is 0 Å². The Morgan fingerprint density at radius 2 is 2.00 bits per heavy atom. The molecule has 16 heavy (non-hydrogen) atoms. The summed E-state index contributed by atoms with van der Waals surface area (Å²) in [5.74, 6) is -0.275. The molecule has 0 aromatic carbocycles. The summed E-state index contributed by atoms with van der Waals surface area (Å²) in [6.45, 7) is 2.22. The molecule has 0 spiro atoms. The lowest BCUT2D eigenvalue weighted by Crippen LogP contribution is -2.44. The summed E-state index contributed by atoms with van der Waals surface area (Å²) < 4.78 is 0. The molecule has 0 aromatic heterocycles. The van der Waals surface area contributed by atoms with Crippen molar-refractivity contribution in [3.8, 4) is 0 Å². The van der Waals surface area contributed by atoms with Crippen LogP contribution in [-0.4, -0.2) is 48.8 Å². The molecule has 6 heteroatoms. The Kier molecular flexibility index (Phi) is 4.28. The van der Waals surface area contributed by atoms with E-state index in [1.54, 1.807) is 7.05 Å².